The van der Waals surface area contributed by atoms with Gasteiger partial charge in [0.05, 0.1) is 8.07 Å². The Morgan fingerprint density at radius 1 is 1.50 bits per heavy atom. The van der Waals surface area contributed by atoms with Gasteiger partial charge in [-0.05, 0) is 5.54 Å². The second kappa shape index (κ2) is 7.66. The predicted molar refractivity (Wildman–Crippen MR) is 74.4 cm³/mol. The van der Waals surface area contributed by atoms with E-state index in [0.717, 1.165) is 5.54 Å². The maximum atomic E-state index is 10.0. The fourth-order valence-corrected chi connectivity index (χ4v) is 4.52. The van der Waals surface area contributed by atoms with Gasteiger partial charge in [-0.3, -0.25) is 4.79 Å². The van der Waals surface area contributed by atoms with Crippen LogP contribution in [-0.4, -0.2) is 20.5 Å². The van der Waals surface area contributed by atoms with Crippen LogP contribution in [0, 0.1) is 0 Å². The van der Waals surface area contributed by atoms with Gasteiger partial charge in [0.15, 0.2) is 0 Å². The lowest BCUT2D eigenvalue weighted by molar-refractivity contribution is -0.118. The predicted octanol–water partition coefficient (Wildman–Crippen LogP) is 3.58. The normalized spacial score (nSPS) is 22.6. The highest BCUT2D eigenvalue weighted by Crippen LogP contribution is 2.36. The van der Waals surface area contributed by atoms with Crippen molar-refractivity contribution >= 4 is 14.0 Å². The van der Waals surface area contributed by atoms with Gasteiger partial charge in [-0.15, -0.1) is 6.58 Å². The number of carbonyl (C=O) groups is 1. The smallest absolute Gasteiger partial charge is 0.217 e. The highest BCUT2D eigenvalue weighted by atomic mass is 28.3. The summed E-state index contributed by atoms with van der Waals surface area (Å²) in [5.41, 5.74) is 1.09. The van der Waals surface area contributed by atoms with Gasteiger partial charge in [-0.25, -0.2) is 0 Å². The van der Waals surface area contributed by atoms with Gasteiger partial charge >= 0.3 is 0 Å². The van der Waals surface area contributed by atoms with E-state index in [1.807, 2.05) is 0 Å². The molecule has 1 atom stereocenters. The molecule has 1 heterocycles. The zero-order valence-electron chi connectivity index (χ0n) is 11.3. The lowest BCUT2D eigenvalue weighted by Gasteiger charge is -2.34. The zero-order valence-corrected chi connectivity index (χ0v) is 12.3. The molecule has 0 saturated carbocycles. The van der Waals surface area contributed by atoms with Crippen LogP contribution in [0.5, 0.6) is 0 Å². The van der Waals surface area contributed by atoms with E-state index in [2.05, 4.69) is 31.9 Å². The van der Waals surface area contributed by atoms with Crippen LogP contribution >= 0.6 is 0 Å². The van der Waals surface area contributed by atoms with E-state index in [9.17, 15) is 4.79 Å². The summed E-state index contributed by atoms with van der Waals surface area (Å²) >= 11 is 0. The van der Waals surface area contributed by atoms with E-state index in [4.69, 9.17) is 0 Å². The molecule has 0 spiro atoms. The Balaban J connectivity index is 0.000000293. The first-order valence-electron chi connectivity index (χ1n) is 6.25. The van der Waals surface area contributed by atoms with Crippen molar-refractivity contribution in [2.75, 3.05) is 6.54 Å². The maximum absolute atomic E-state index is 10.0. The van der Waals surface area contributed by atoms with Gasteiger partial charge in [0.25, 0.3) is 0 Å². The molecule has 0 aliphatic carbocycles. The van der Waals surface area contributed by atoms with Crippen LogP contribution < -0.4 is 5.32 Å². The van der Waals surface area contributed by atoms with E-state index in [1.54, 1.807) is 12.1 Å². The van der Waals surface area contributed by atoms with E-state index < -0.39 is 8.07 Å². The third-order valence-corrected chi connectivity index (χ3v) is 8.14. The average molecular weight is 241 g/mol. The molecule has 0 aromatic carbocycles. The Hall–Kier alpha value is -0.573. The largest absolute Gasteiger partial charge is 0.353 e. The van der Waals surface area contributed by atoms with Crippen LogP contribution in [0.1, 0.15) is 33.1 Å². The van der Waals surface area contributed by atoms with Gasteiger partial charge in [0.1, 0.15) is 0 Å². The molecule has 94 valence electrons. The first-order valence-corrected chi connectivity index (χ1v) is 9.54. The molecule has 1 N–H and O–H groups in total. The van der Waals surface area contributed by atoms with Crippen molar-refractivity contribution in [3.63, 3.8) is 0 Å². The number of rotatable bonds is 2. The van der Waals surface area contributed by atoms with Crippen molar-refractivity contribution in [3.05, 3.63) is 12.7 Å². The molecule has 1 fully saturated rings. The van der Waals surface area contributed by atoms with Crippen molar-refractivity contribution in [2.24, 2.45) is 0 Å². The summed E-state index contributed by atoms with van der Waals surface area (Å²) in [7, 11) is -0.694. The number of carbonyl (C=O) groups excluding carboxylic acids is 1. The van der Waals surface area contributed by atoms with E-state index >= 15 is 0 Å². The molecule has 0 aromatic heterocycles. The van der Waals surface area contributed by atoms with E-state index in [-0.39, 0.29) is 5.91 Å². The topological polar surface area (TPSA) is 29.1 Å². The van der Waals surface area contributed by atoms with Gasteiger partial charge < -0.3 is 5.32 Å². The van der Waals surface area contributed by atoms with Gasteiger partial charge in [0, 0.05) is 13.5 Å². The summed E-state index contributed by atoms with van der Waals surface area (Å²) in [6.45, 7) is 13.0. The van der Waals surface area contributed by atoms with Crippen LogP contribution in [0.4, 0.5) is 0 Å². The molecule has 1 rings (SSSR count). The van der Waals surface area contributed by atoms with Crippen molar-refractivity contribution in [3.8, 4) is 0 Å². The molecule has 1 aliphatic heterocycles. The van der Waals surface area contributed by atoms with Crippen molar-refractivity contribution in [1.82, 2.24) is 5.32 Å². The lowest BCUT2D eigenvalue weighted by Crippen LogP contribution is -2.33. The number of amides is 1. The zero-order chi connectivity index (χ0) is 12.6. The summed E-state index contributed by atoms with van der Waals surface area (Å²) in [6.07, 6.45) is 6.17. The maximum Gasteiger partial charge on any atom is 0.217 e. The molecule has 0 aromatic rings. The Labute approximate surface area is 102 Å². The third kappa shape index (κ3) is 6.83. The van der Waals surface area contributed by atoms with Crippen LogP contribution in [-0.2, 0) is 4.79 Å². The van der Waals surface area contributed by atoms with Crippen molar-refractivity contribution < 1.29 is 4.79 Å². The Morgan fingerprint density at radius 2 is 2.12 bits per heavy atom. The van der Waals surface area contributed by atoms with Crippen LogP contribution in [0.2, 0.25) is 24.7 Å². The molecular weight excluding hydrogens is 214 g/mol. The third-order valence-electron chi connectivity index (χ3n) is 3.54. The molecule has 2 nitrogen and oxygen atoms in total. The van der Waals surface area contributed by atoms with Crippen LogP contribution in [0.3, 0.4) is 0 Å². The fraction of sp³-hybridized carbons (Fsp3) is 0.769. The molecule has 16 heavy (non-hydrogen) atoms. The highest BCUT2D eigenvalue weighted by molar-refractivity contribution is 6.78. The van der Waals surface area contributed by atoms with Gasteiger partial charge in [0.2, 0.25) is 5.91 Å². The summed E-state index contributed by atoms with van der Waals surface area (Å²) in [4.78, 5) is 10.0. The average Bonchev–Trinajstić information content (AvgIpc) is 2.20. The molecule has 1 saturated heterocycles. The molecule has 0 radical (unpaired) electrons. The van der Waals surface area contributed by atoms with Crippen LogP contribution in [0.15, 0.2) is 12.7 Å². The summed E-state index contributed by atoms with van der Waals surface area (Å²) in [6, 6.07) is 1.58. The number of hydrogen-bond acceptors (Lipinski definition) is 1. The van der Waals surface area contributed by atoms with Gasteiger partial charge in [-0.1, -0.05) is 51.4 Å². The van der Waals surface area contributed by atoms with Gasteiger partial charge in [-0.2, -0.15) is 0 Å². The minimum Gasteiger partial charge on any atom is -0.353 e. The lowest BCUT2D eigenvalue weighted by atomic mass is 10.2. The Morgan fingerprint density at radius 3 is 2.38 bits per heavy atom. The number of nitrogens with one attached hydrogen (secondary N) is 1. The SMILES string of the molecule is C=CCNC(C)=O.CC1CCCC[Si]1(C)C. The minimum absolute atomic E-state index is 0.0140. The molecule has 1 aliphatic rings. The van der Waals surface area contributed by atoms with Crippen LogP contribution in [0.25, 0.3) is 0 Å². The highest BCUT2D eigenvalue weighted by Gasteiger charge is 2.30. The second-order valence-electron chi connectivity index (χ2n) is 5.36. The Bertz CT molecular complexity index is 226. The van der Waals surface area contributed by atoms with E-state index in [1.165, 1.54) is 26.2 Å². The second-order valence-corrected chi connectivity index (χ2v) is 10.8. The van der Waals surface area contributed by atoms with Crippen molar-refractivity contribution in [2.45, 2.75) is 57.8 Å². The first-order chi connectivity index (χ1) is 7.40. The summed E-state index contributed by atoms with van der Waals surface area (Å²) in [5, 5.41) is 2.54. The first kappa shape index (κ1) is 15.4. The standard InChI is InChI=1S/C8H18Si.C5H9NO/c1-8-6-4-5-7-9(8,2)3;1-3-4-6-5(2)7/h8H,4-7H2,1-3H3;3H,1,4H2,2H3,(H,6,7). The summed E-state index contributed by atoms with van der Waals surface area (Å²) < 4.78 is 0. The van der Waals surface area contributed by atoms with E-state index in [0.29, 0.717) is 6.54 Å². The fourth-order valence-electron chi connectivity index (χ4n) is 1.88. The quantitative estimate of drug-likeness (QED) is 0.581. The number of hydrogen-bond donors (Lipinski definition) is 1. The molecule has 1 unspecified atom stereocenters. The molecular formula is C13H27NOSi. The Kier molecular flexibility index (Phi) is 7.39. The summed E-state index contributed by atoms with van der Waals surface area (Å²) in [5.74, 6) is -0.0140. The minimum atomic E-state index is -0.694. The molecule has 1 amide bonds. The molecule has 3 heteroatoms. The monoisotopic (exact) mass is 241 g/mol. The van der Waals surface area contributed by atoms with Crippen molar-refractivity contribution in [1.29, 1.82) is 0 Å². The molecule has 0 bridgehead atoms.